The summed E-state index contributed by atoms with van der Waals surface area (Å²) in [5, 5.41) is 3.47. The summed E-state index contributed by atoms with van der Waals surface area (Å²) in [7, 11) is 5.99. The Morgan fingerprint density at radius 2 is 1.80 bits per heavy atom. The molecule has 0 aliphatic carbocycles. The van der Waals surface area contributed by atoms with Crippen LogP contribution in [-0.4, -0.2) is 86.2 Å². The second-order valence-electron chi connectivity index (χ2n) is 7.57. The molecular formula is C22H33N7O. The van der Waals surface area contributed by atoms with Gasteiger partial charge in [0, 0.05) is 58.7 Å². The molecule has 0 atom stereocenters. The van der Waals surface area contributed by atoms with E-state index in [1.807, 2.05) is 25.2 Å². The first-order chi connectivity index (χ1) is 14.7. The molecule has 1 aliphatic heterocycles. The highest BCUT2D eigenvalue weighted by atomic mass is 16.5. The molecule has 0 radical (unpaired) electrons. The van der Waals surface area contributed by atoms with Crippen molar-refractivity contribution in [2.45, 2.75) is 13.0 Å². The largest absolute Gasteiger partial charge is 0.494 e. The number of benzene rings is 1. The van der Waals surface area contributed by atoms with Crippen molar-refractivity contribution in [3.63, 3.8) is 0 Å². The maximum Gasteiger partial charge on any atom is 0.225 e. The molecule has 1 fully saturated rings. The monoisotopic (exact) mass is 411 g/mol. The van der Waals surface area contributed by atoms with Crippen LogP contribution >= 0.6 is 0 Å². The van der Waals surface area contributed by atoms with Crippen molar-refractivity contribution in [2.75, 3.05) is 65.4 Å². The first-order valence-corrected chi connectivity index (χ1v) is 10.5. The van der Waals surface area contributed by atoms with Crippen molar-refractivity contribution < 1.29 is 4.74 Å². The minimum absolute atomic E-state index is 0.732. The van der Waals surface area contributed by atoms with Crippen molar-refractivity contribution >= 4 is 11.9 Å². The Bertz CT molecular complexity index is 772. The molecule has 3 rings (SSSR count). The number of anilines is 1. The molecule has 1 aromatic heterocycles. The lowest BCUT2D eigenvalue weighted by molar-refractivity contribution is 0.281. The van der Waals surface area contributed by atoms with E-state index in [-0.39, 0.29) is 0 Å². The van der Waals surface area contributed by atoms with Gasteiger partial charge in [0.25, 0.3) is 0 Å². The van der Waals surface area contributed by atoms with Gasteiger partial charge in [-0.15, -0.1) is 0 Å². The molecule has 1 saturated heterocycles. The number of rotatable bonds is 8. The number of guanidine groups is 1. The summed E-state index contributed by atoms with van der Waals surface area (Å²) in [4.78, 5) is 19.8. The van der Waals surface area contributed by atoms with Gasteiger partial charge in [0.15, 0.2) is 5.96 Å². The van der Waals surface area contributed by atoms with E-state index in [0.29, 0.717) is 0 Å². The molecule has 0 unspecified atom stereocenters. The highest BCUT2D eigenvalue weighted by Crippen LogP contribution is 2.13. The molecular weight excluding hydrogens is 378 g/mol. The van der Waals surface area contributed by atoms with Crippen LogP contribution < -0.4 is 15.0 Å². The molecule has 0 amide bonds. The number of hydrogen-bond acceptors (Lipinski definition) is 6. The van der Waals surface area contributed by atoms with E-state index in [1.165, 1.54) is 5.56 Å². The predicted octanol–water partition coefficient (Wildman–Crippen LogP) is 1.70. The lowest BCUT2D eigenvalue weighted by Gasteiger charge is -2.36. The number of ether oxygens (including phenoxy) is 1. The fourth-order valence-electron chi connectivity index (χ4n) is 3.36. The Morgan fingerprint density at radius 3 is 2.43 bits per heavy atom. The van der Waals surface area contributed by atoms with E-state index in [4.69, 9.17) is 4.74 Å². The standard InChI is InChI=1S/C22H33N7O/c1-23-21(28-13-15-29(16-14-28)22-24-10-4-11-25-22)26-18-19-6-8-20(9-7-19)30-17-5-12-27(2)3/h4,6-11H,5,12-18H2,1-3H3,(H,23,26). The van der Waals surface area contributed by atoms with Gasteiger partial charge >= 0.3 is 0 Å². The average molecular weight is 412 g/mol. The number of nitrogens with one attached hydrogen (secondary N) is 1. The number of aromatic nitrogens is 2. The van der Waals surface area contributed by atoms with Crippen LogP contribution in [0.3, 0.4) is 0 Å². The van der Waals surface area contributed by atoms with Gasteiger partial charge in [-0.25, -0.2) is 9.97 Å². The van der Waals surface area contributed by atoms with Gasteiger partial charge in [0.2, 0.25) is 5.95 Å². The minimum Gasteiger partial charge on any atom is -0.494 e. The predicted molar refractivity (Wildman–Crippen MR) is 121 cm³/mol. The van der Waals surface area contributed by atoms with Crippen LogP contribution in [0, 0.1) is 0 Å². The van der Waals surface area contributed by atoms with E-state index in [2.05, 4.69) is 61.2 Å². The molecule has 0 bridgehead atoms. The zero-order chi connectivity index (χ0) is 21.2. The third kappa shape index (κ3) is 6.59. The smallest absolute Gasteiger partial charge is 0.225 e. The molecule has 1 aromatic carbocycles. The van der Waals surface area contributed by atoms with Crippen LogP contribution in [0.25, 0.3) is 0 Å². The van der Waals surface area contributed by atoms with Gasteiger partial charge in [-0.2, -0.15) is 0 Å². The van der Waals surface area contributed by atoms with E-state index >= 15 is 0 Å². The van der Waals surface area contributed by atoms with E-state index in [1.54, 1.807) is 12.4 Å². The Morgan fingerprint density at radius 1 is 1.10 bits per heavy atom. The number of nitrogens with zero attached hydrogens (tertiary/aromatic N) is 6. The fourth-order valence-corrected chi connectivity index (χ4v) is 3.36. The Kier molecular flexibility index (Phi) is 8.26. The molecule has 2 aromatic rings. The van der Waals surface area contributed by atoms with Crippen molar-refractivity contribution in [1.82, 2.24) is 25.1 Å². The lowest BCUT2D eigenvalue weighted by atomic mass is 10.2. The molecule has 8 nitrogen and oxygen atoms in total. The quantitative estimate of drug-likeness (QED) is 0.403. The third-order valence-electron chi connectivity index (χ3n) is 5.02. The third-order valence-corrected chi connectivity index (χ3v) is 5.02. The zero-order valence-corrected chi connectivity index (χ0v) is 18.3. The van der Waals surface area contributed by atoms with Gasteiger partial charge in [-0.1, -0.05) is 12.1 Å². The van der Waals surface area contributed by atoms with E-state index < -0.39 is 0 Å². The van der Waals surface area contributed by atoms with Crippen LogP contribution in [0.2, 0.25) is 0 Å². The number of hydrogen-bond donors (Lipinski definition) is 1. The second-order valence-corrected chi connectivity index (χ2v) is 7.57. The van der Waals surface area contributed by atoms with Crippen LogP contribution in [0.4, 0.5) is 5.95 Å². The number of aliphatic imine (C=N–C) groups is 1. The molecule has 1 aliphatic rings. The topological polar surface area (TPSA) is 69.1 Å². The van der Waals surface area contributed by atoms with Gasteiger partial charge < -0.3 is 24.8 Å². The fraction of sp³-hybridized carbons (Fsp3) is 0.500. The molecule has 1 N–H and O–H groups in total. The molecule has 30 heavy (non-hydrogen) atoms. The Balaban J connectivity index is 1.42. The molecule has 8 heteroatoms. The first-order valence-electron chi connectivity index (χ1n) is 10.5. The van der Waals surface area contributed by atoms with Gasteiger partial charge in [-0.3, -0.25) is 4.99 Å². The lowest BCUT2D eigenvalue weighted by Crippen LogP contribution is -2.52. The van der Waals surface area contributed by atoms with Crippen LogP contribution in [-0.2, 0) is 6.54 Å². The highest BCUT2D eigenvalue weighted by Gasteiger charge is 2.20. The van der Waals surface area contributed by atoms with Crippen LogP contribution in [0.5, 0.6) is 5.75 Å². The summed E-state index contributed by atoms with van der Waals surface area (Å²) in [6, 6.07) is 10.1. The molecule has 162 valence electrons. The van der Waals surface area contributed by atoms with E-state index in [0.717, 1.165) is 70.0 Å². The van der Waals surface area contributed by atoms with Crippen molar-refractivity contribution in [3.8, 4) is 5.75 Å². The normalized spacial score (nSPS) is 14.9. The number of piperazine rings is 1. The van der Waals surface area contributed by atoms with Crippen molar-refractivity contribution in [1.29, 1.82) is 0 Å². The summed E-state index contributed by atoms with van der Waals surface area (Å²) in [5.74, 6) is 2.64. The summed E-state index contributed by atoms with van der Waals surface area (Å²) in [6.07, 6.45) is 4.60. The van der Waals surface area contributed by atoms with Gasteiger partial charge in [0.1, 0.15) is 5.75 Å². The van der Waals surface area contributed by atoms with Gasteiger partial charge in [0.05, 0.1) is 6.61 Å². The minimum atomic E-state index is 0.732. The zero-order valence-electron chi connectivity index (χ0n) is 18.3. The Hall–Kier alpha value is -2.87. The Labute approximate surface area is 179 Å². The van der Waals surface area contributed by atoms with E-state index in [9.17, 15) is 0 Å². The highest BCUT2D eigenvalue weighted by molar-refractivity contribution is 5.80. The van der Waals surface area contributed by atoms with Crippen LogP contribution in [0.15, 0.2) is 47.7 Å². The SMILES string of the molecule is CN=C(NCc1ccc(OCCCN(C)C)cc1)N1CCN(c2ncccn2)CC1. The summed E-state index contributed by atoms with van der Waals surface area (Å²) in [6.45, 7) is 6.04. The van der Waals surface area contributed by atoms with Crippen molar-refractivity contribution in [2.24, 2.45) is 4.99 Å². The van der Waals surface area contributed by atoms with Gasteiger partial charge in [-0.05, 0) is 44.3 Å². The summed E-state index contributed by atoms with van der Waals surface area (Å²) < 4.78 is 5.81. The maximum absolute atomic E-state index is 5.81. The molecule has 0 spiro atoms. The summed E-state index contributed by atoms with van der Waals surface area (Å²) >= 11 is 0. The van der Waals surface area contributed by atoms with Crippen molar-refractivity contribution in [3.05, 3.63) is 48.3 Å². The maximum atomic E-state index is 5.81. The van der Waals surface area contributed by atoms with Crippen LogP contribution in [0.1, 0.15) is 12.0 Å². The summed E-state index contributed by atoms with van der Waals surface area (Å²) in [5.41, 5.74) is 1.20. The second kappa shape index (κ2) is 11.3. The molecule has 2 heterocycles. The first kappa shape index (κ1) is 21.8. The molecule has 0 saturated carbocycles. The average Bonchev–Trinajstić information content (AvgIpc) is 2.79.